The third-order valence-corrected chi connectivity index (χ3v) is 6.93. The van der Waals surface area contributed by atoms with Gasteiger partial charge in [0.15, 0.2) is 0 Å². The van der Waals surface area contributed by atoms with Gasteiger partial charge in [-0.3, -0.25) is 9.59 Å². The first-order chi connectivity index (χ1) is 15.7. The molecule has 0 bridgehead atoms. The molecule has 0 aromatic carbocycles. The van der Waals surface area contributed by atoms with Crippen molar-refractivity contribution in [2.24, 2.45) is 23.2 Å². The second kappa shape index (κ2) is 17.4. The molecule has 1 saturated carbocycles. The number of carbonyl (C=O) groups is 2. The van der Waals surface area contributed by atoms with Crippen LogP contribution < -0.4 is 0 Å². The number of rotatable bonds is 17. The fourth-order valence-electron chi connectivity index (χ4n) is 5.18. The van der Waals surface area contributed by atoms with Crippen LogP contribution in [0.3, 0.4) is 0 Å². The highest BCUT2D eigenvalue weighted by molar-refractivity contribution is 5.82. The van der Waals surface area contributed by atoms with Crippen LogP contribution in [0.25, 0.3) is 0 Å². The van der Waals surface area contributed by atoms with E-state index in [4.69, 9.17) is 9.47 Å². The maximum absolute atomic E-state index is 12.7. The zero-order valence-electron chi connectivity index (χ0n) is 22.6. The van der Waals surface area contributed by atoms with Gasteiger partial charge in [0.25, 0.3) is 0 Å². The van der Waals surface area contributed by atoms with Crippen LogP contribution >= 0.6 is 0 Å². The molecule has 4 nitrogen and oxygen atoms in total. The van der Waals surface area contributed by atoms with E-state index in [1.54, 1.807) is 0 Å². The molecule has 0 saturated heterocycles. The molecule has 0 aliphatic heterocycles. The molecule has 1 fully saturated rings. The van der Waals surface area contributed by atoms with E-state index in [0.29, 0.717) is 19.1 Å². The minimum Gasteiger partial charge on any atom is -0.465 e. The summed E-state index contributed by atoms with van der Waals surface area (Å²) in [7, 11) is 0. The van der Waals surface area contributed by atoms with Crippen molar-refractivity contribution in [1.29, 1.82) is 0 Å². The van der Waals surface area contributed by atoms with Crippen molar-refractivity contribution in [3.63, 3.8) is 0 Å². The summed E-state index contributed by atoms with van der Waals surface area (Å²) in [4.78, 5) is 25.4. The summed E-state index contributed by atoms with van der Waals surface area (Å²) in [5.41, 5.74) is 0.288. The molecule has 1 aliphatic rings. The molecule has 0 radical (unpaired) electrons. The van der Waals surface area contributed by atoms with E-state index in [-0.39, 0.29) is 29.2 Å². The van der Waals surface area contributed by atoms with Gasteiger partial charge in [-0.15, -0.1) is 0 Å². The van der Waals surface area contributed by atoms with Crippen molar-refractivity contribution < 1.29 is 19.1 Å². The SMILES string of the molecule is CCCCCCCCCCCCOC(=O)C1CCCCC1C(=O)OCCC(C)CC(C)(C)C. The van der Waals surface area contributed by atoms with Crippen molar-refractivity contribution in [3.8, 4) is 0 Å². The summed E-state index contributed by atoms with van der Waals surface area (Å²) in [6, 6.07) is 0. The smallest absolute Gasteiger partial charge is 0.309 e. The fraction of sp³-hybridized carbons (Fsp3) is 0.931. The maximum Gasteiger partial charge on any atom is 0.309 e. The van der Waals surface area contributed by atoms with Crippen LogP contribution in [0.2, 0.25) is 0 Å². The summed E-state index contributed by atoms with van der Waals surface area (Å²) >= 11 is 0. The standard InChI is InChI=1S/C29H54O4/c1-6-7-8-9-10-11-12-13-14-17-21-32-27(30)25-18-15-16-19-26(25)28(31)33-22-20-24(2)23-29(3,4)5/h24-26H,6-23H2,1-5H3. The number of unbranched alkanes of at least 4 members (excludes halogenated alkanes) is 9. The molecule has 33 heavy (non-hydrogen) atoms. The second-order valence-corrected chi connectivity index (χ2v) is 11.7. The summed E-state index contributed by atoms with van der Waals surface area (Å²) in [6.07, 6.45) is 18.1. The quantitative estimate of drug-likeness (QED) is 0.160. The summed E-state index contributed by atoms with van der Waals surface area (Å²) in [5, 5.41) is 0. The van der Waals surface area contributed by atoms with Crippen LogP contribution in [0.4, 0.5) is 0 Å². The topological polar surface area (TPSA) is 52.6 Å². The van der Waals surface area contributed by atoms with Gasteiger partial charge in [-0.1, -0.05) is 105 Å². The van der Waals surface area contributed by atoms with E-state index < -0.39 is 0 Å². The number of hydrogen-bond acceptors (Lipinski definition) is 4. The lowest BCUT2D eigenvalue weighted by atomic mass is 9.79. The van der Waals surface area contributed by atoms with Gasteiger partial charge in [0.1, 0.15) is 0 Å². The Morgan fingerprint density at radius 3 is 1.70 bits per heavy atom. The van der Waals surface area contributed by atoms with Gasteiger partial charge in [-0.05, 0) is 43.4 Å². The van der Waals surface area contributed by atoms with E-state index >= 15 is 0 Å². The predicted molar refractivity (Wildman–Crippen MR) is 137 cm³/mol. The van der Waals surface area contributed by atoms with Crippen LogP contribution in [0.5, 0.6) is 0 Å². The average Bonchev–Trinajstić information content (AvgIpc) is 2.76. The fourth-order valence-corrected chi connectivity index (χ4v) is 5.18. The summed E-state index contributed by atoms with van der Waals surface area (Å²) in [6.45, 7) is 12.1. The number of esters is 2. The van der Waals surface area contributed by atoms with Crippen LogP contribution in [-0.4, -0.2) is 25.2 Å². The minimum atomic E-state index is -0.322. The zero-order chi connectivity index (χ0) is 24.5. The van der Waals surface area contributed by atoms with E-state index in [2.05, 4.69) is 34.6 Å². The molecule has 0 spiro atoms. The van der Waals surface area contributed by atoms with Crippen LogP contribution in [0.1, 0.15) is 137 Å². The van der Waals surface area contributed by atoms with Gasteiger partial charge in [-0.2, -0.15) is 0 Å². The highest BCUT2D eigenvalue weighted by atomic mass is 16.5. The first kappa shape index (κ1) is 30.0. The largest absolute Gasteiger partial charge is 0.465 e. The van der Waals surface area contributed by atoms with Gasteiger partial charge < -0.3 is 9.47 Å². The van der Waals surface area contributed by atoms with E-state index in [9.17, 15) is 9.59 Å². The second-order valence-electron chi connectivity index (χ2n) is 11.7. The molecule has 0 aromatic heterocycles. The average molecular weight is 467 g/mol. The van der Waals surface area contributed by atoms with Crippen molar-refractivity contribution in [2.45, 2.75) is 137 Å². The van der Waals surface area contributed by atoms with Crippen LogP contribution in [0, 0.1) is 23.2 Å². The lowest BCUT2D eigenvalue weighted by Gasteiger charge is -2.28. The monoisotopic (exact) mass is 466 g/mol. The summed E-state index contributed by atoms with van der Waals surface area (Å²) in [5.74, 6) is -0.503. The minimum absolute atomic E-state index is 0.186. The van der Waals surface area contributed by atoms with Crippen molar-refractivity contribution in [2.75, 3.05) is 13.2 Å². The van der Waals surface area contributed by atoms with Crippen molar-refractivity contribution in [3.05, 3.63) is 0 Å². The first-order valence-electron chi connectivity index (χ1n) is 14.1. The van der Waals surface area contributed by atoms with Gasteiger partial charge in [0.2, 0.25) is 0 Å². The number of ether oxygens (including phenoxy) is 2. The molecule has 3 unspecified atom stereocenters. The van der Waals surface area contributed by atoms with Crippen LogP contribution in [-0.2, 0) is 19.1 Å². The normalized spacial score (nSPS) is 19.8. The van der Waals surface area contributed by atoms with Gasteiger partial charge in [-0.25, -0.2) is 0 Å². The van der Waals surface area contributed by atoms with Gasteiger partial charge in [0, 0.05) is 0 Å². The predicted octanol–water partition coefficient (Wildman–Crippen LogP) is 8.26. The van der Waals surface area contributed by atoms with E-state index in [1.165, 1.54) is 51.4 Å². The van der Waals surface area contributed by atoms with Crippen molar-refractivity contribution in [1.82, 2.24) is 0 Å². The molecule has 3 atom stereocenters. The summed E-state index contributed by atoms with van der Waals surface area (Å²) < 4.78 is 11.2. The Hall–Kier alpha value is -1.06. The lowest BCUT2D eigenvalue weighted by Crippen LogP contribution is -2.35. The highest BCUT2D eigenvalue weighted by Gasteiger charge is 2.37. The molecule has 1 rings (SSSR count). The Morgan fingerprint density at radius 1 is 0.758 bits per heavy atom. The molecule has 0 N–H and O–H groups in total. The van der Waals surface area contributed by atoms with Crippen molar-refractivity contribution >= 4 is 11.9 Å². The number of hydrogen-bond donors (Lipinski definition) is 0. The maximum atomic E-state index is 12.7. The van der Waals surface area contributed by atoms with E-state index in [0.717, 1.165) is 51.4 Å². The Bertz CT molecular complexity index is 522. The molecular formula is C29H54O4. The van der Waals surface area contributed by atoms with E-state index in [1.807, 2.05) is 0 Å². The van der Waals surface area contributed by atoms with Gasteiger partial charge in [0.05, 0.1) is 25.0 Å². The Kier molecular flexibility index (Phi) is 15.8. The Balaban J connectivity index is 2.22. The molecule has 0 heterocycles. The molecule has 0 amide bonds. The van der Waals surface area contributed by atoms with Gasteiger partial charge >= 0.3 is 11.9 Å². The zero-order valence-corrected chi connectivity index (χ0v) is 22.6. The molecule has 1 aliphatic carbocycles. The highest BCUT2D eigenvalue weighted by Crippen LogP contribution is 2.32. The molecular weight excluding hydrogens is 412 g/mol. The number of carbonyl (C=O) groups excluding carboxylic acids is 2. The van der Waals surface area contributed by atoms with Crippen LogP contribution in [0.15, 0.2) is 0 Å². The third-order valence-electron chi connectivity index (χ3n) is 6.93. The first-order valence-corrected chi connectivity index (χ1v) is 14.1. The molecule has 194 valence electrons. The third kappa shape index (κ3) is 14.7. The Morgan fingerprint density at radius 2 is 1.21 bits per heavy atom. The molecule has 0 aromatic rings. The Labute approximate surface area is 205 Å². The molecule has 4 heteroatoms. The lowest BCUT2D eigenvalue weighted by molar-refractivity contribution is -0.163.